The molecule has 25 heavy (non-hydrogen) atoms. The number of carbonyl (C=O) groups is 1. The third-order valence-electron chi connectivity index (χ3n) is 3.28. The van der Waals surface area contributed by atoms with Crippen LogP contribution in [0.4, 0.5) is 11.5 Å². The van der Waals surface area contributed by atoms with Crippen molar-refractivity contribution in [1.82, 2.24) is 19.6 Å². The van der Waals surface area contributed by atoms with Crippen LogP contribution in [0.3, 0.4) is 0 Å². The summed E-state index contributed by atoms with van der Waals surface area (Å²) in [6.07, 6.45) is 4.01. The summed E-state index contributed by atoms with van der Waals surface area (Å²) >= 11 is 5.95. The average Bonchev–Trinajstić information content (AvgIpc) is 3.17. The van der Waals surface area contributed by atoms with Crippen molar-refractivity contribution in [3.63, 3.8) is 0 Å². The van der Waals surface area contributed by atoms with Gasteiger partial charge in [-0.15, -0.1) is 0 Å². The highest BCUT2D eigenvalue weighted by atomic mass is 35.5. The van der Waals surface area contributed by atoms with Crippen LogP contribution in [0.2, 0.25) is 5.02 Å². The van der Waals surface area contributed by atoms with Gasteiger partial charge in [0.2, 0.25) is 5.91 Å². The maximum atomic E-state index is 12.0. The van der Waals surface area contributed by atoms with Gasteiger partial charge in [-0.25, -0.2) is 0 Å². The normalized spacial score (nSPS) is 10.6. The number of rotatable bonds is 6. The van der Waals surface area contributed by atoms with Crippen molar-refractivity contribution >= 4 is 29.0 Å². The molecule has 128 valence electrons. The Morgan fingerprint density at radius 1 is 1.32 bits per heavy atom. The zero-order chi connectivity index (χ0) is 17.8. The van der Waals surface area contributed by atoms with Crippen molar-refractivity contribution in [1.29, 1.82) is 0 Å². The number of hydrogen-bond donors (Lipinski definition) is 1. The molecule has 2 heterocycles. The van der Waals surface area contributed by atoms with Crippen molar-refractivity contribution in [3.8, 4) is 0 Å². The molecule has 0 fully saturated rings. The van der Waals surface area contributed by atoms with E-state index in [9.17, 15) is 14.9 Å². The molecule has 0 atom stereocenters. The van der Waals surface area contributed by atoms with Crippen LogP contribution >= 0.6 is 11.6 Å². The fourth-order valence-corrected chi connectivity index (χ4v) is 2.41. The Hall–Kier alpha value is -3.20. The minimum atomic E-state index is -0.571. The molecule has 0 spiro atoms. The van der Waals surface area contributed by atoms with Gasteiger partial charge in [-0.1, -0.05) is 23.7 Å². The lowest BCUT2D eigenvalue weighted by molar-refractivity contribution is -0.385. The number of nitrogens with one attached hydrogen (secondary N) is 1. The molecule has 0 unspecified atom stereocenters. The van der Waals surface area contributed by atoms with Gasteiger partial charge < -0.3 is 5.32 Å². The van der Waals surface area contributed by atoms with Gasteiger partial charge in [-0.2, -0.15) is 10.2 Å². The van der Waals surface area contributed by atoms with Crippen LogP contribution < -0.4 is 5.32 Å². The van der Waals surface area contributed by atoms with Crippen molar-refractivity contribution in [2.75, 3.05) is 5.32 Å². The lowest BCUT2D eigenvalue weighted by atomic mass is 10.2. The van der Waals surface area contributed by atoms with Crippen LogP contribution in [0.1, 0.15) is 5.56 Å². The van der Waals surface area contributed by atoms with Crippen LogP contribution in [0.5, 0.6) is 0 Å². The SMILES string of the molecule is O=C(Cn1cc([N+](=O)[O-])cn1)Nc1ccn(Cc2cccc(Cl)c2)n1. The van der Waals surface area contributed by atoms with E-state index in [0.29, 0.717) is 17.4 Å². The largest absolute Gasteiger partial charge is 0.308 e. The monoisotopic (exact) mass is 360 g/mol. The third kappa shape index (κ3) is 4.42. The van der Waals surface area contributed by atoms with Crippen LogP contribution in [0.25, 0.3) is 0 Å². The summed E-state index contributed by atoms with van der Waals surface area (Å²) < 4.78 is 2.86. The molecule has 1 amide bonds. The number of anilines is 1. The molecular weight excluding hydrogens is 348 g/mol. The zero-order valence-corrected chi connectivity index (χ0v) is 13.6. The fraction of sp³-hybridized carbons (Fsp3) is 0.133. The first-order chi connectivity index (χ1) is 12.0. The van der Waals surface area contributed by atoms with Crippen LogP contribution in [-0.2, 0) is 17.9 Å². The molecule has 10 heteroatoms. The Balaban J connectivity index is 1.58. The second-order valence-electron chi connectivity index (χ2n) is 5.23. The number of amides is 1. The molecule has 9 nitrogen and oxygen atoms in total. The minimum Gasteiger partial charge on any atom is -0.308 e. The van der Waals surface area contributed by atoms with Crippen LogP contribution in [0.15, 0.2) is 48.9 Å². The van der Waals surface area contributed by atoms with Crippen LogP contribution in [-0.4, -0.2) is 30.4 Å². The van der Waals surface area contributed by atoms with Crippen molar-refractivity contribution in [2.45, 2.75) is 13.1 Å². The van der Waals surface area contributed by atoms with Gasteiger partial charge in [0.1, 0.15) is 18.9 Å². The molecule has 1 aromatic carbocycles. The first kappa shape index (κ1) is 16.7. The number of nitro groups is 1. The molecule has 0 aliphatic rings. The van der Waals surface area contributed by atoms with Crippen molar-refractivity contribution in [2.24, 2.45) is 0 Å². The van der Waals surface area contributed by atoms with Gasteiger partial charge in [0.25, 0.3) is 0 Å². The van der Waals surface area contributed by atoms with E-state index in [2.05, 4.69) is 15.5 Å². The Morgan fingerprint density at radius 2 is 2.16 bits per heavy atom. The van der Waals surface area contributed by atoms with Gasteiger partial charge in [0, 0.05) is 17.3 Å². The summed E-state index contributed by atoms with van der Waals surface area (Å²) in [5.74, 6) is -0.000289. The quantitative estimate of drug-likeness (QED) is 0.536. The smallest absolute Gasteiger partial charge is 0.307 e. The molecule has 3 aromatic rings. The lowest BCUT2D eigenvalue weighted by Crippen LogP contribution is -2.19. The third-order valence-corrected chi connectivity index (χ3v) is 3.51. The predicted octanol–water partition coefficient (Wildman–Crippen LogP) is 2.33. The topological polar surface area (TPSA) is 108 Å². The Morgan fingerprint density at radius 3 is 2.88 bits per heavy atom. The van der Waals surface area contributed by atoms with Gasteiger partial charge in [0.05, 0.1) is 11.5 Å². The van der Waals surface area contributed by atoms with E-state index in [1.54, 1.807) is 23.0 Å². The molecule has 1 N–H and O–H groups in total. The van der Waals surface area contributed by atoms with Gasteiger partial charge in [0.15, 0.2) is 5.82 Å². The summed E-state index contributed by atoms with van der Waals surface area (Å²) in [7, 11) is 0. The molecule has 0 saturated heterocycles. The number of benzene rings is 1. The Kier molecular flexibility index (Phi) is 4.75. The molecule has 2 aromatic heterocycles. The predicted molar refractivity (Wildman–Crippen MR) is 90.3 cm³/mol. The fourth-order valence-electron chi connectivity index (χ4n) is 2.20. The number of aromatic nitrogens is 4. The highest BCUT2D eigenvalue weighted by Gasteiger charge is 2.12. The Labute approximate surface area is 147 Å². The molecule has 0 radical (unpaired) electrons. The van der Waals surface area contributed by atoms with E-state index in [1.807, 2.05) is 18.2 Å². The average molecular weight is 361 g/mol. The van der Waals surface area contributed by atoms with E-state index in [1.165, 1.54) is 10.9 Å². The molecular formula is C15H13ClN6O3. The van der Waals surface area contributed by atoms with E-state index in [4.69, 9.17) is 11.6 Å². The van der Waals surface area contributed by atoms with E-state index in [0.717, 1.165) is 11.8 Å². The summed E-state index contributed by atoms with van der Waals surface area (Å²) in [6, 6.07) is 9.07. The summed E-state index contributed by atoms with van der Waals surface area (Å²) in [5, 5.41) is 21.9. The second-order valence-corrected chi connectivity index (χ2v) is 5.67. The van der Waals surface area contributed by atoms with E-state index in [-0.39, 0.29) is 18.1 Å². The summed E-state index contributed by atoms with van der Waals surface area (Å²) in [4.78, 5) is 22.0. The second kappa shape index (κ2) is 7.14. The van der Waals surface area contributed by atoms with Crippen molar-refractivity contribution < 1.29 is 9.72 Å². The number of nitrogens with zero attached hydrogens (tertiary/aromatic N) is 5. The maximum Gasteiger partial charge on any atom is 0.307 e. The molecule has 3 rings (SSSR count). The lowest BCUT2D eigenvalue weighted by Gasteiger charge is -2.03. The number of carbonyl (C=O) groups excluding carboxylic acids is 1. The van der Waals surface area contributed by atoms with E-state index >= 15 is 0 Å². The van der Waals surface area contributed by atoms with Gasteiger partial charge in [-0.05, 0) is 17.7 Å². The molecule has 0 bridgehead atoms. The zero-order valence-electron chi connectivity index (χ0n) is 12.9. The first-order valence-corrected chi connectivity index (χ1v) is 7.62. The molecule has 0 saturated carbocycles. The highest BCUT2D eigenvalue weighted by Crippen LogP contribution is 2.13. The first-order valence-electron chi connectivity index (χ1n) is 7.24. The maximum absolute atomic E-state index is 12.0. The van der Waals surface area contributed by atoms with Crippen molar-refractivity contribution in [3.05, 3.63) is 69.6 Å². The molecule has 0 aliphatic heterocycles. The van der Waals surface area contributed by atoms with Gasteiger partial charge in [-0.3, -0.25) is 24.3 Å². The van der Waals surface area contributed by atoms with Crippen LogP contribution in [0, 0.1) is 10.1 Å². The summed E-state index contributed by atoms with van der Waals surface area (Å²) in [5.41, 5.74) is 0.816. The number of hydrogen-bond acceptors (Lipinski definition) is 5. The molecule has 0 aliphatic carbocycles. The number of halogens is 1. The van der Waals surface area contributed by atoms with E-state index < -0.39 is 4.92 Å². The van der Waals surface area contributed by atoms with Gasteiger partial charge >= 0.3 is 5.69 Å². The minimum absolute atomic E-state index is 0.144. The standard InChI is InChI=1S/C15H13ClN6O3/c16-12-3-1-2-11(6-12)8-20-5-4-14(19-20)18-15(23)10-21-9-13(7-17-21)22(24)25/h1-7,9H,8,10H2,(H,18,19,23). The Bertz CT molecular complexity index is 919. The summed E-state index contributed by atoms with van der Waals surface area (Å²) in [6.45, 7) is 0.372. The highest BCUT2D eigenvalue weighted by molar-refractivity contribution is 6.30.